The van der Waals surface area contributed by atoms with E-state index in [1.165, 1.54) is 6.07 Å². The first-order valence-electron chi connectivity index (χ1n) is 4.11. The molecule has 2 N–H and O–H groups in total. The summed E-state index contributed by atoms with van der Waals surface area (Å²) in [4.78, 5) is 22.3. The first kappa shape index (κ1) is 9.92. The number of fused-ring (bicyclic) bond motifs is 1. The molecule has 76 valence electrons. The summed E-state index contributed by atoms with van der Waals surface area (Å²) in [5.74, 6) is -0.883. The molecule has 0 spiro atoms. The van der Waals surface area contributed by atoms with Gasteiger partial charge in [-0.25, -0.2) is 4.79 Å². The highest BCUT2D eigenvalue weighted by Gasteiger charge is 2.08. The highest BCUT2D eigenvalue weighted by atomic mass is 79.9. The topological polar surface area (TPSA) is 73.3 Å². The summed E-state index contributed by atoms with van der Waals surface area (Å²) in [5, 5.41) is 1.04. The third-order valence-corrected chi connectivity index (χ3v) is 2.46. The van der Waals surface area contributed by atoms with Gasteiger partial charge in [0, 0.05) is 4.47 Å². The monoisotopic (exact) mass is 267 g/mol. The zero-order chi connectivity index (χ0) is 11.0. The molecule has 0 saturated carbocycles. The maximum Gasteiger partial charge on any atom is 0.344 e. The van der Waals surface area contributed by atoms with Crippen molar-refractivity contribution < 1.29 is 9.21 Å². The summed E-state index contributed by atoms with van der Waals surface area (Å²) in [6.45, 7) is 0. The third-order valence-electron chi connectivity index (χ3n) is 1.97. The van der Waals surface area contributed by atoms with Gasteiger partial charge < -0.3 is 10.2 Å². The molecular formula is C10H6BrNO3. The van der Waals surface area contributed by atoms with Gasteiger partial charge in [0.15, 0.2) is 5.76 Å². The molecule has 1 aromatic carbocycles. The summed E-state index contributed by atoms with van der Waals surface area (Å²) >= 11 is 3.24. The van der Waals surface area contributed by atoms with Crippen molar-refractivity contribution in [2.45, 2.75) is 0 Å². The molecule has 0 atom stereocenters. The van der Waals surface area contributed by atoms with E-state index in [4.69, 9.17) is 10.2 Å². The molecule has 15 heavy (non-hydrogen) atoms. The summed E-state index contributed by atoms with van der Waals surface area (Å²) in [6, 6.07) is 6.56. The number of primary amides is 1. The second-order valence-corrected chi connectivity index (χ2v) is 3.91. The predicted octanol–water partition coefficient (Wildman–Crippen LogP) is 1.65. The molecule has 0 aliphatic rings. The van der Waals surface area contributed by atoms with Crippen molar-refractivity contribution in [2.24, 2.45) is 5.73 Å². The van der Waals surface area contributed by atoms with E-state index in [0.29, 0.717) is 10.8 Å². The van der Waals surface area contributed by atoms with Gasteiger partial charge >= 0.3 is 5.63 Å². The van der Waals surface area contributed by atoms with Crippen LogP contribution in [-0.4, -0.2) is 5.91 Å². The van der Waals surface area contributed by atoms with E-state index < -0.39 is 11.5 Å². The molecule has 1 aromatic heterocycles. The lowest BCUT2D eigenvalue weighted by atomic mass is 10.1. The number of benzene rings is 1. The zero-order valence-electron chi connectivity index (χ0n) is 7.49. The quantitative estimate of drug-likeness (QED) is 0.854. The van der Waals surface area contributed by atoms with Crippen LogP contribution in [0.1, 0.15) is 10.6 Å². The Kier molecular flexibility index (Phi) is 2.32. The molecule has 5 heteroatoms. The predicted molar refractivity (Wildman–Crippen MR) is 58.7 cm³/mol. The maximum absolute atomic E-state index is 11.5. The van der Waals surface area contributed by atoms with E-state index in [1.807, 2.05) is 0 Å². The van der Waals surface area contributed by atoms with Crippen LogP contribution in [0.25, 0.3) is 10.8 Å². The average Bonchev–Trinajstić information content (AvgIpc) is 2.18. The van der Waals surface area contributed by atoms with E-state index in [9.17, 15) is 9.59 Å². The van der Waals surface area contributed by atoms with Crippen molar-refractivity contribution in [3.63, 3.8) is 0 Å². The molecule has 0 saturated heterocycles. The SMILES string of the molecule is NC(=O)c1cc2ccc(Br)cc2c(=O)o1. The second kappa shape index (κ2) is 3.51. The van der Waals surface area contributed by atoms with Crippen molar-refractivity contribution in [1.82, 2.24) is 0 Å². The van der Waals surface area contributed by atoms with Gasteiger partial charge in [-0.05, 0) is 23.6 Å². The average molecular weight is 268 g/mol. The number of amides is 1. The maximum atomic E-state index is 11.5. The second-order valence-electron chi connectivity index (χ2n) is 2.99. The number of rotatable bonds is 1. The molecule has 4 nitrogen and oxygen atoms in total. The molecule has 0 fully saturated rings. The Hall–Kier alpha value is -1.62. The molecule has 2 rings (SSSR count). The number of carbonyl (C=O) groups excluding carboxylic acids is 1. The summed E-state index contributed by atoms with van der Waals surface area (Å²) in [5.41, 5.74) is 4.46. The molecule has 0 unspecified atom stereocenters. The minimum atomic E-state index is -0.753. The van der Waals surface area contributed by atoms with Crippen LogP contribution < -0.4 is 11.4 Å². The Labute approximate surface area is 92.8 Å². The van der Waals surface area contributed by atoms with Crippen LogP contribution >= 0.6 is 15.9 Å². The Morgan fingerprint density at radius 3 is 2.73 bits per heavy atom. The fourth-order valence-electron chi connectivity index (χ4n) is 1.28. The first-order chi connectivity index (χ1) is 7.08. The highest BCUT2D eigenvalue weighted by Crippen LogP contribution is 2.17. The van der Waals surface area contributed by atoms with Gasteiger partial charge in [0.25, 0.3) is 5.91 Å². The van der Waals surface area contributed by atoms with Crippen molar-refractivity contribution >= 4 is 32.6 Å². The fraction of sp³-hybridized carbons (Fsp3) is 0. The van der Waals surface area contributed by atoms with Gasteiger partial charge in [-0.15, -0.1) is 0 Å². The molecule has 1 heterocycles. The lowest BCUT2D eigenvalue weighted by Gasteiger charge is -1.99. The number of hydrogen-bond acceptors (Lipinski definition) is 3. The normalized spacial score (nSPS) is 10.5. The third kappa shape index (κ3) is 1.78. The number of carbonyl (C=O) groups is 1. The van der Waals surface area contributed by atoms with Crippen molar-refractivity contribution in [1.29, 1.82) is 0 Å². The lowest BCUT2D eigenvalue weighted by Crippen LogP contribution is -2.14. The van der Waals surface area contributed by atoms with Crippen molar-refractivity contribution in [3.8, 4) is 0 Å². The highest BCUT2D eigenvalue weighted by molar-refractivity contribution is 9.10. The summed E-state index contributed by atoms with van der Waals surface area (Å²) < 4.78 is 5.53. The van der Waals surface area contributed by atoms with E-state index in [0.717, 1.165) is 4.47 Å². The van der Waals surface area contributed by atoms with Gasteiger partial charge in [-0.3, -0.25) is 4.79 Å². The van der Waals surface area contributed by atoms with Gasteiger partial charge in [0.05, 0.1) is 5.39 Å². The van der Waals surface area contributed by atoms with E-state index >= 15 is 0 Å². The smallest absolute Gasteiger partial charge is 0.344 e. The fourth-order valence-corrected chi connectivity index (χ4v) is 1.64. The Balaban J connectivity index is 2.84. The van der Waals surface area contributed by atoms with Crippen LogP contribution in [0.5, 0.6) is 0 Å². The van der Waals surface area contributed by atoms with Gasteiger partial charge in [-0.1, -0.05) is 22.0 Å². The lowest BCUT2D eigenvalue weighted by molar-refractivity contribution is 0.0970. The molecule has 0 bridgehead atoms. The van der Waals surface area contributed by atoms with Crippen LogP contribution in [0.15, 0.2) is 37.9 Å². The number of halogens is 1. The Morgan fingerprint density at radius 2 is 2.07 bits per heavy atom. The Morgan fingerprint density at radius 1 is 1.33 bits per heavy atom. The largest absolute Gasteiger partial charge is 0.417 e. The van der Waals surface area contributed by atoms with Crippen LogP contribution in [0.4, 0.5) is 0 Å². The molecule has 2 aromatic rings. The van der Waals surface area contributed by atoms with Crippen molar-refractivity contribution in [2.75, 3.05) is 0 Å². The molecular weight excluding hydrogens is 262 g/mol. The van der Waals surface area contributed by atoms with E-state index in [-0.39, 0.29) is 5.76 Å². The number of nitrogens with two attached hydrogens (primary N) is 1. The van der Waals surface area contributed by atoms with E-state index in [2.05, 4.69) is 15.9 Å². The molecule has 0 aliphatic heterocycles. The van der Waals surface area contributed by atoms with Crippen molar-refractivity contribution in [3.05, 3.63) is 44.9 Å². The zero-order valence-corrected chi connectivity index (χ0v) is 9.08. The number of hydrogen-bond donors (Lipinski definition) is 1. The Bertz CT molecular complexity index is 603. The van der Waals surface area contributed by atoms with Gasteiger partial charge in [-0.2, -0.15) is 0 Å². The van der Waals surface area contributed by atoms with Crippen LogP contribution in [0.2, 0.25) is 0 Å². The van der Waals surface area contributed by atoms with Crippen LogP contribution in [0.3, 0.4) is 0 Å². The first-order valence-corrected chi connectivity index (χ1v) is 4.90. The molecule has 1 amide bonds. The molecule has 0 aliphatic carbocycles. The summed E-state index contributed by atoms with van der Waals surface area (Å²) in [6.07, 6.45) is 0. The van der Waals surface area contributed by atoms with Crippen LogP contribution in [0, 0.1) is 0 Å². The van der Waals surface area contributed by atoms with Crippen LogP contribution in [-0.2, 0) is 0 Å². The van der Waals surface area contributed by atoms with Gasteiger partial charge in [0.2, 0.25) is 0 Å². The standard InChI is InChI=1S/C10H6BrNO3/c11-6-2-1-5-3-8(9(12)13)15-10(14)7(5)4-6/h1-4H,(H2,12,13). The minimum absolute atomic E-state index is 0.130. The van der Waals surface area contributed by atoms with E-state index in [1.54, 1.807) is 18.2 Å². The minimum Gasteiger partial charge on any atom is -0.417 e. The summed E-state index contributed by atoms with van der Waals surface area (Å²) in [7, 11) is 0. The van der Waals surface area contributed by atoms with Gasteiger partial charge in [0.1, 0.15) is 0 Å². The molecule has 0 radical (unpaired) electrons.